The molecule has 0 saturated carbocycles. The minimum atomic E-state index is -4.87. The molecule has 0 saturated heterocycles. The van der Waals surface area contributed by atoms with E-state index in [1.807, 2.05) is 0 Å². The number of methoxy groups -OCH3 is 1. The van der Waals surface area contributed by atoms with Crippen molar-refractivity contribution in [3.05, 3.63) is 59.2 Å². The van der Waals surface area contributed by atoms with Crippen LogP contribution in [0.3, 0.4) is 0 Å². The van der Waals surface area contributed by atoms with E-state index in [0.29, 0.717) is 12.5 Å². The Balaban J connectivity index is 2.24. The second-order valence-corrected chi connectivity index (χ2v) is 7.93. The fourth-order valence-electron chi connectivity index (χ4n) is 2.58. The third-order valence-corrected chi connectivity index (χ3v) is 5.46. The van der Waals surface area contributed by atoms with E-state index >= 15 is 0 Å². The Labute approximate surface area is 166 Å². The van der Waals surface area contributed by atoms with E-state index in [4.69, 9.17) is 5.26 Å². The highest BCUT2D eigenvalue weighted by atomic mass is 32.2. The van der Waals surface area contributed by atoms with Crippen LogP contribution in [0.15, 0.2) is 47.4 Å². The predicted molar refractivity (Wildman–Crippen MR) is 98.3 cm³/mol. The molecule has 0 spiro atoms. The molecule has 0 bridgehead atoms. The molecule has 0 fully saturated rings. The molecule has 1 atom stereocenters. The van der Waals surface area contributed by atoms with Crippen LogP contribution in [0, 0.1) is 17.2 Å². The molecule has 29 heavy (non-hydrogen) atoms. The molecule has 2 aromatic carbocycles. The molecule has 0 heterocycles. The zero-order valence-corrected chi connectivity index (χ0v) is 16.3. The third kappa shape index (κ3) is 5.48. The quantitative estimate of drug-likeness (QED) is 0.710. The van der Waals surface area contributed by atoms with Gasteiger partial charge in [0.1, 0.15) is 0 Å². The normalized spacial score (nSPS) is 12.7. The third-order valence-electron chi connectivity index (χ3n) is 4.08. The molecule has 0 radical (unpaired) electrons. The van der Waals surface area contributed by atoms with Gasteiger partial charge in [-0.25, -0.2) is 8.42 Å². The lowest BCUT2D eigenvalue weighted by Crippen LogP contribution is -2.16. The highest BCUT2D eigenvalue weighted by molar-refractivity contribution is 7.92. The molecule has 6 nitrogen and oxygen atoms in total. The van der Waals surface area contributed by atoms with Crippen molar-refractivity contribution in [2.45, 2.75) is 24.4 Å². The minimum Gasteiger partial charge on any atom is -0.469 e. The van der Waals surface area contributed by atoms with Crippen LogP contribution >= 0.6 is 0 Å². The van der Waals surface area contributed by atoms with Crippen LogP contribution in [0.1, 0.15) is 23.6 Å². The maximum atomic E-state index is 13.1. The van der Waals surface area contributed by atoms with Crippen molar-refractivity contribution < 1.29 is 31.1 Å². The SMILES string of the molecule is COC(=O)C(C)Cc1ccc(NS(=O)(=O)c2ccc(C#N)c(C(F)(F)F)c2)cc1. The number of ether oxygens (including phenoxy) is 1. The summed E-state index contributed by atoms with van der Waals surface area (Å²) in [5.41, 5.74) is -1.10. The fourth-order valence-corrected chi connectivity index (χ4v) is 3.67. The average Bonchev–Trinajstić information content (AvgIpc) is 2.67. The number of halogens is 3. The molecule has 154 valence electrons. The summed E-state index contributed by atoms with van der Waals surface area (Å²) in [4.78, 5) is 10.8. The fraction of sp³-hybridized carbons (Fsp3) is 0.263. The van der Waals surface area contributed by atoms with Crippen molar-refractivity contribution in [3.8, 4) is 6.07 Å². The van der Waals surface area contributed by atoms with E-state index < -0.39 is 32.2 Å². The lowest BCUT2D eigenvalue weighted by Gasteiger charge is -2.13. The van der Waals surface area contributed by atoms with Crippen LogP contribution in [-0.2, 0) is 32.2 Å². The maximum absolute atomic E-state index is 13.1. The summed E-state index contributed by atoms with van der Waals surface area (Å²) in [6.07, 6.45) is -4.49. The molecule has 0 aliphatic heterocycles. The standard InChI is InChI=1S/C19H17F3N2O4S/c1-12(18(25)28-2)9-13-3-6-15(7-4-13)24-29(26,27)16-8-5-14(11-23)17(10-16)19(20,21)22/h3-8,10,12,24H,9H2,1-2H3. The van der Waals surface area contributed by atoms with Gasteiger partial charge in [0.05, 0.1) is 35.1 Å². The van der Waals surface area contributed by atoms with Crippen LogP contribution in [0.25, 0.3) is 0 Å². The predicted octanol–water partition coefficient (Wildman–Crippen LogP) is 3.73. The van der Waals surface area contributed by atoms with Gasteiger partial charge in [-0.3, -0.25) is 9.52 Å². The van der Waals surface area contributed by atoms with Gasteiger partial charge in [0.15, 0.2) is 0 Å². The number of nitriles is 1. The summed E-state index contributed by atoms with van der Waals surface area (Å²) < 4.78 is 70.9. The number of nitrogens with one attached hydrogen (secondary N) is 1. The number of hydrogen-bond donors (Lipinski definition) is 1. The summed E-state index contributed by atoms with van der Waals surface area (Å²) in [5.74, 6) is -0.766. The number of alkyl halides is 3. The molecule has 0 aromatic heterocycles. The van der Waals surface area contributed by atoms with Crippen molar-refractivity contribution in [2.75, 3.05) is 11.8 Å². The maximum Gasteiger partial charge on any atom is 0.417 e. The average molecular weight is 426 g/mol. The Kier molecular flexibility index (Phi) is 6.54. The van der Waals surface area contributed by atoms with E-state index in [0.717, 1.165) is 17.7 Å². The highest BCUT2D eigenvalue weighted by Crippen LogP contribution is 2.33. The highest BCUT2D eigenvalue weighted by Gasteiger charge is 2.35. The molecular weight excluding hydrogens is 409 g/mol. The lowest BCUT2D eigenvalue weighted by molar-refractivity contribution is -0.144. The minimum absolute atomic E-state index is 0.136. The van der Waals surface area contributed by atoms with Gasteiger partial charge >= 0.3 is 12.1 Å². The monoisotopic (exact) mass is 426 g/mol. The first-order valence-electron chi connectivity index (χ1n) is 8.29. The molecule has 0 aliphatic rings. The largest absolute Gasteiger partial charge is 0.469 e. The van der Waals surface area contributed by atoms with Gasteiger partial charge in [-0.2, -0.15) is 18.4 Å². The van der Waals surface area contributed by atoms with E-state index in [9.17, 15) is 26.4 Å². The first kappa shape index (κ1) is 22.2. The Hall–Kier alpha value is -3.06. The summed E-state index contributed by atoms with van der Waals surface area (Å²) in [5, 5.41) is 8.81. The van der Waals surface area contributed by atoms with Crippen molar-refractivity contribution in [2.24, 2.45) is 5.92 Å². The molecule has 0 amide bonds. The van der Waals surface area contributed by atoms with Gasteiger partial charge in [-0.15, -0.1) is 0 Å². The van der Waals surface area contributed by atoms with E-state index in [1.165, 1.54) is 25.3 Å². The van der Waals surface area contributed by atoms with E-state index in [2.05, 4.69) is 9.46 Å². The zero-order valence-electron chi connectivity index (χ0n) is 15.4. The van der Waals surface area contributed by atoms with Gasteiger partial charge in [-0.1, -0.05) is 19.1 Å². The number of anilines is 1. The van der Waals surface area contributed by atoms with Crippen molar-refractivity contribution >= 4 is 21.7 Å². The van der Waals surface area contributed by atoms with E-state index in [1.54, 1.807) is 19.1 Å². The summed E-state index contributed by atoms with van der Waals surface area (Å²) in [6, 6.07) is 9.63. The van der Waals surface area contributed by atoms with Crippen molar-refractivity contribution in [1.82, 2.24) is 0 Å². The van der Waals surface area contributed by atoms with Crippen LogP contribution in [0.4, 0.5) is 18.9 Å². The van der Waals surface area contributed by atoms with Crippen LogP contribution in [0.2, 0.25) is 0 Å². The number of benzene rings is 2. The zero-order chi connectivity index (χ0) is 21.8. The van der Waals surface area contributed by atoms with Gasteiger partial charge < -0.3 is 4.74 Å². The number of sulfonamides is 1. The van der Waals surface area contributed by atoms with Crippen molar-refractivity contribution in [3.63, 3.8) is 0 Å². The Morgan fingerprint density at radius 2 is 1.83 bits per heavy atom. The Bertz CT molecular complexity index is 1040. The van der Waals surface area contributed by atoms with Gasteiger partial charge in [0, 0.05) is 5.69 Å². The number of nitrogens with zero attached hydrogens (tertiary/aromatic N) is 1. The van der Waals surface area contributed by atoms with Gasteiger partial charge in [0.2, 0.25) is 0 Å². The van der Waals surface area contributed by atoms with E-state index in [-0.39, 0.29) is 17.6 Å². The Morgan fingerprint density at radius 1 is 1.21 bits per heavy atom. The van der Waals surface area contributed by atoms with Crippen LogP contribution in [-0.4, -0.2) is 21.5 Å². The Morgan fingerprint density at radius 3 is 2.34 bits per heavy atom. The summed E-state index contributed by atoms with van der Waals surface area (Å²) >= 11 is 0. The number of carbonyl (C=O) groups is 1. The molecule has 0 aliphatic carbocycles. The second-order valence-electron chi connectivity index (χ2n) is 6.25. The van der Waals surface area contributed by atoms with Gasteiger partial charge in [-0.05, 0) is 42.3 Å². The van der Waals surface area contributed by atoms with Crippen LogP contribution in [0.5, 0.6) is 0 Å². The van der Waals surface area contributed by atoms with Crippen molar-refractivity contribution in [1.29, 1.82) is 5.26 Å². The van der Waals surface area contributed by atoms with Crippen LogP contribution < -0.4 is 4.72 Å². The number of esters is 1. The molecule has 2 aromatic rings. The second kappa shape index (κ2) is 8.53. The smallest absolute Gasteiger partial charge is 0.417 e. The molecule has 1 N–H and O–H groups in total. The molecule has 1 unspecified atom stereocenters. The summed E-state index contributed by atoms with van der Waals surface area (Å²) in [7, 11) is -3.03. The molecule has 10 heteroatoms. The summed E-state index contributed by atoms with van der Waals surface area (Å²) in [6.45, 7) is 1.69. The number of hydrogen-bond acceptors (Lipinski definition) is 5. The number of rotatable bonds is 6. The topological polar surface area (TPSA) is 96.3 Å². The first-order chi connectivity index (χ1) is 13.5. The molecular formula is C19H17F3N2O4S. The van der Waals surface area contributed by atoms with Gasteiger partial charge in [0.25, 0.3) is 10.0 Å². The molecule has 2 rings (SSSR count). The number of carbonyl (C=O) groups excluding carboxylic acids is 1. The lowest BCUT2D eigenvalue weighted by atomic mass is 10.0. The first-order valence-corrected chi connectivity index (χ1v) is 9.77.